The van der Waals surface area contributed by atoms with Crippen molar-refractivity contribution in [2.24, 2.45) is 0 Å². The molecule has 0 spiro atoms. The molecule has 0 bridgehead atoms. The van der Waals surface area contributed by atoms with Crippen molar-refractivity contribution in [2.75, 3.05) is 6.54 Å². The maximum Gasteiger partial charge on any atom is 0.237 e. The van der Waals surface area contributed by atoms with Gasteiger partial charge in [0.15, 0.2) is 0 Å². The van der Waals surface area contributed by atoms with Gasteiger partial charge in [-0.3, -0.25) is 4.79 Å². The average Bonchev–Trinajstić information content (AvgIpc) is 3.15. The molecule has 122 valence electrons. The number of aromatic nitrogens is 2. The maximum absolute atomic E-state index is 12.4. The van der Waals surface area contributed by atoms with Crippen LogP contribution in [0.2, 0.25) is 0 Å². The molecule has 1 aromatic carbocycles. The van der Waals surface area contributed by atoms with Gasteiger partial charge in [0, 0.05) is 42.6 Å². The molecule has 1 aliphatic heterocycles. The molecule has 2 heterocycles. The first-order valence-electron chi connectivity index (χ1n) is 7.19. The number of likely N-dealkylation sites (tertiary alicyclic amines) is 1. The summed E-state index contributed by atoms with van der Waals surface area (Å²) in [7, 11) is 1.69. The predicted molar refractivity (Wildman–Crippen MR) is 86.3 cm³/mol. The van der Waals surface area contributed by atoms with Crippen LogP contribution < -0.4 is 0 Å². The maximum atomic E-state index is 12.4. The molecule has 1 saturated heterocycles. The van der Waals surface area contributed by atoms with Crippen LogP contribution in [0.1, 0.15) is 18.0 Å². The largest absolute Gasteiger partial charge is 0.335 e. The molecule has 1 aromatic heterocycles. The number of rotatable bonds is 5. The van der Waals surface area contributed by atoms with Crippen LogP contribution in [0.5, 0.6) is 0 Å². The highest BCUT2D eigenvalue weighted by Crippen LogP contribution is 2.31. The molecule has 2 atom stereocenters. The van der Waals surface area contributed by atoms with Crippen LogP contribution in [0.4, 0.5) is 0 Å². The third-order valence-corrected chi connectivity index (χ3v) is 5.89. The van der Waals surface area contributed by atoms with Gasteiger partial charge in [-0.1, -0.05) is 30.3 Å². The van der Waals surface area contributed by atoms with E-state index in [1.165, 1.54) is 0 Å². The number of benzene rings is 1. The van der Waals surface area contributed by atoms with Gasteiger partial charge in [0.2, 0.25) is 15.0 Å². The van der Waals surface area contributed by atoms with Crippen molar-refractivity contribution in [3.05, 3.63) is 54.6 Å². The SMILES string of the molecule is O=C1CC(S(=O)(=O)Cl)CN1C(Cn1ccnc1)c1ccccc1. The van der Waals surface area contributed by atoms with Crippen molar-refractivity contribution in [3.63, 3.8) is 0 Å². The summed E-state index contributed by atoms with van der Waals surface area (Å²) >= 11 is 0. The second kappa shape index (κ2) is 6.33. The zero-order chi connectivity index (χ0) is 16.4. The molecular formula is C15H16ClN3O3S. The second-order valence-electron chi connectivity index (χ2n) is 5.53. The van der Waals surface area contributed by atoms with Gasteiger partial charge in [0.25, 0.3) is 0 Å². The summed E-state index contributed by atoms with van der Waals surface area (Å²) in [6, 6.07) is 9.28. The first-order valence-corrected chi connectivity index (χ1v) is 9.56. The molecule has 1 amide bonds. The normalized spacial score (nSPS) is 20.0. The molecule has 6 nitrogen and oxygen atoms in total. The van der Waals surface area contributed by atoms with Crippen molar-refractivity contribution in [1.82, 2.24) is 14.5 Å². The average molecular weight is 354 g/mol. The van der Waals surface area contributed by atoms with Crippen molar-refractivity contribution < 1.29 is 13.2 Å². The van der Waals surface area contributed by atoms with E-state index in [-0.39, 0.29) is 24.9 Å². The smallest absolute Gasteiger partial charge is 0.237 e. The Balaban J connectivity index is 1.91. The Kier molecular flexibility index (Phi) is 4.41. The molecule has 0 N–H and O–H groups in total. The molecule has 2 unspecified atom stereocenters. The Labute approximate surface area is 139 Å². The minimum Gasteiger partial charge on any atom is -0.335 e. The number of hydrogen-bond donors (Lipinski definition) is 0. The number of halogens is 1. The lowest BCUT2D eigenvalue weighted by atomic mass is 10.1. The van der Waals surface area contributed by atoms with Crippen LogP contribution in [0.25, 0.3) is 0 Å². The monoisotopic (exact) mass is 353 g/mol. The van der Waals surface area contributed by atoms with Gasteiger partial charge >= 0.3 is 0 Å². The predicted octanol–water partition coefficient (Wildman–Crippen LogP) is 1.79. The molecule has 0 saturated carbocycles. The van der Waals surface area contributed by atoms with Crippen LogP contribution in [-0.2, 0) is 20.4 Å². The highest BCUT2D eigenvalue weighted by Gasteiger charge is 2.40. The van der Waals surface area contributed by atoms with Gasteiger partial charge in [-0.2, -0.15) is 0 Å². The van der Waals surface area contributed by atoms with E-state index >= 15 is 0 Å². The molecule has 23 heavy (non-hydrogen) atoms. The number of carbonyl (C=O) groups excluding carboxylic acids is 1. The first-order chi connectivity index (χ1) is 10.9. The molecule has 8 heteroatoms. The van der Waals surface area contributed by atoms with Crippen LogP contribution in [0.15, 0.2) is 49.1 Å². The fraction of sp³-hybridized carbons (Fsp3) is 0.333. The summed E-state index contributed by atoms with van der Waals surface area (Å²) in [6.07, 6.45) is 5.08. The van der Waals surface area contributed by atoms with E-state index in [9.17, 15) is 13.2 Å². The lowest BCUT2D eigenvalue weighted by Gasteiger charge is -2.29. The van der Waals surface area contributed by atoms with E-state index in [0.29, 0.717) is 6.54 Å². The van der Waals surface area contributed by atoms with Crippen LogP contribution in [-0.4, -0.2) is 40.6 Å². The van der Waals surface area contributed by atoms with Crippen LogP contribution in [0, 0.1) is 0 Å². The molecular weight excluding hydrogens is 338 g/mol. The fourth-order valence-electron chi connectivity index (χ4n) is 2.84. The number of hydrogen-bond acceptors (Lipinski definition) is 4. The molecule has 0 aliphatic carbocycles. The van der Waals surface area contributed by atoms with E-state index in [0.717, 1.165) is 5.56 Å². The van der Waals surface area contributed by atoms with Gasteiger partial charge in [0.1, 0.15) is 5.25 Å². The number of amides is 1. The standard InChI is InChI=1S/C15H16ClN3O3S/c16-23(21,22)13-8-15(20)19(9-13)14(10-18-7-6-17-11-18)12-4-2-1-3-5-12/h1-7,11,13-14H,8-10H2. The summed E-state index contributed by atoms with van der Waals surface area (Å²) in [6.45, 7) is 0.615. The minimum absolute atomic E-state index is 0.0703. The third-order valence-electron chi connectivity index (χ3n) is 4.02. The van der Waals surface area contributed by atoms with E-state index in [2.05, 4.69) is 4.98 Å². The zero-order valence-electron chi connectivity index (χ0n) is 12.2. The Hall–Kier alpha value is -1.86. The van der Waals surface area contributed by atoms with Crippen molar-refractivity contribution >= 4 is 25.6 Å². The molecule has 1 aliphatic rings. The number of carbonyl (C=O) groups is 1. The minimum atomic E-state index is -3.76. The van der Waals surface area contributed by atoms with Gasteiger partial charge in [0.05, 0.1) is 12.4 Å². The van der Waals surface area contributed by atoms with Crippen molar-refractivity contribution in [2.45, 2.75) is 24.3 Å². The lowest BCUT2D eigenvalue weighted by Crippen LogP contribution is -2.34. The van der Waals surface area contributed by atoms with Gasteiger partial charge < -0.3 is 9.47 Å². The summed E-state index contributed by atoms with van der Waals surface area (Å²) in [4.78, 5) is 18.0. The summed E-state index contributed by atoms with van der Waals surface area (Å²) in [5, 5.41) is -0.856. The summed E-state index contributed by atoms with van der Waals surface area (Å²) in [5.41, 5.74) is 0.946. The van der Waals surface area contributed by atoms with Crippen molar-refractivity contribution in [1.29, 1.82) is 0 Å². The topological polar surface area (TPSA) is 72.3 Å². The Morgan fingerprint density at radius 3 is 2.61 bits per heavy atom. The van der Waals surface area contributed by atoms with Gasteiger partial charge in [-0.25, -0.2) is 13.4 Å². The van der Waals surface area contributed by atoms with Gasteiger partial charge in [-0.05, 0) is 5.56 Å². The molecule has 2 aromatic rings. The Morgan fingerprint density at radius 2 is 2.04 bits per heavy atom. The van der Waals surface area contributed by atoms with Crippen LogP contribution in [0.3, 0.4) is 0 Å². The summed E-state index contributed by atoms with van der Waals surface area (Å²) < 4.78 is 25.0. The fourth-order valence-corrected chi connectivity index (χ4v) is 3.88. The molecule has 1 fully saturated rings. The number of nitrogens with zero attached hydrogens (tertiary/aromatic N) is 3. The van der Waals surface area contributed by atoms with E-state index in [1.807, 2.05) is 41.1 Å². The van der Waals surface area contributed by atoms with E-state index in [4.69, 9.17) is 10.7 Å². The molecule has 0 radical (unpaired) electrons. The summed E-state index contributed by atoms with van der Waals surface area (Å²) in [5.74, 6) is -0.201. The number of imidazole rings is 1. The van der Waals surface area contributed by atoms with Crippen molar-refractivity contribution in [3.8, 4) is 0 Å². The quantitative estimate of drug-likeness (QED) is 0.768. The molecule has 3 rings (SSSR count). The lowest BCUT2D eigenvalue weighted by molar-refractivity contribution is -0.130. The van der Waals surface area contributed by atoms with E-state index in [1.54, 1.807) is 17.4 Å². The Morgan fingerprint density at radius 1 is 1.30 bits per heavy atom. The third kappa shape index (κ3) is 3.56. The highest BCUT2D eigenvalue weighted by molar-refractivity contribution is 8.14. The van der Waals surface area contributed by atoms with Crippen LogP contribution >= 0.6 is 10.7 Å². The second-order valence-corrected chi connectivity index (χ2v) is 8.44. The zero-order valence-corrected chi connectivity index (χ0v) is 13.8. The Bertz CT molecular complexity index is 778. The van der Waals surface area contributed by atoms with E-state index < -0.39 is 14.3 Å². The first kappa shape index (κ1) is 16.0. The highest BCUT2D eigenvalue weighted by atomic mass is 35.7. The van der Waals surface area contributed by atoms with Gasteiger partial charge in [-0.15, -0.1) is 0 Å².